The highest BCUT2D eigenvalue weighted by Gasteiger charge is 2.48. The van der Waals surface area contributed by atoms with Crippen molar-refractivity contribution in [2.45, 2.75) is 97.1 Å². The summed E-state index contributed by atoms with van der Waals surface area (Å²) < 4.78 is 21.3. The van der Waals surface area contributed by atoms with E-state index in [1.165, 1.54) is 37.2 Å². The van der Waals surface area contributed by atoms with Gasteiger partial charge in [0.2, 0.25) is 20.0 Å². The first-order valence-electron chi connectivity index (χ1n) is 16.0. The van der Waals surface area contributed by atoms with E-state index >= 15 is 0 Å². The molecule has 5 N–H and O–H groups in total. The number of aliphatic hydroxyl groups excluding tert-OH is 3. The Kier molecular flexibility index (Phi) is 17.9. The number of oxime groups is 1. The monoisotopic (exact) mass is 676 g/mol. The Morgan fingerprint density at radius 1 is 0.979 bits per heavy atom. The zero-order chi connectivity index (χ0) is 35.6. The molecule has 1 saturated heterocycles. The summed E-state index contributed by atoms with van der Waals surface area (Å²) in [6.45, 7) is 8.90. The summed E-state index contributed by atoms with van der Waals surface area (Å²) in [5.74, 6) is -2.85. The summed E-state index contributed by atoms with van der Waals surface area (Å²) in [4.78, 5) is 41.2. The number of aliphatic hydroxyl groups is 3. The van der Waals surface area contributed by atoms with Gasteiger partial charge >= 0.3 is 5.97 Å². The van der Waals surface area contributed by atoms with Crippen LogP contribution in [0.5, 0.6) is 5.75 Å². The second-order valence-corrected chi connectivity index (χ2v) is 11.5. The van der Waals surface area contributed by atoms with Crippen LogP contribution < -0.4 is 10.1 Å². The first-order valence-corrected chi connectivity index (χ1v) is 16.0. The van der Waals surface area contributed by atoms with E-state index in [-0.39, 0.29) is 44.3 Å². The second-order valence-electron chi connectivity index (χ2n) is 11.5. The molecule has 0 bridgehead atoms. The maximum atomic E-state index is 13.1. The predicted molar refractivity (Wildman–Crippen MR) is 179 cm³/mol. The van der Waals surface area contributed by atoms with Gasteiger partial charge in [-0.2, -0.15) is 0 Å². The number of ether oxygens (including phenoxy) is 4. The van der Waals surface area contributed by atoms with Crippen LogP contribution in [0.4, 0.5) is 4.79 Å². The van der Waals surface area contributed by atoms with E-state index in [4.69, 9.17) is 23.8 Å². The van der Waals surface area contributed by atoms with Crippen molar-refractivity contribution in [3.8, 4) is 5.75 Å². The fraction of sp³-hybridized carbons (Fsp3) is 0.576. The Balaban J connectivity index is 1.85. The molecule has 0 spiro atoms. The Labute approximate surface area is 282 Å². The molecule has 1 fully saturated rings. The second kappa shape index (κ2) is 21.3. The molecule has 0 aliphatic carbocycles. The van der Waals surface area contributed by atoms with E-state index in [2.05, 4.69) is 43.4 Å². The Morgan fingerprint density at radius 3 is 2.40 bits per heavy atom. The third-order valence-corrected chi connectivity index (χ3v) is 7.32. The molecule has 1 amide bonds. The van der Waals surface area contributed by atoms with Gasteiger partial charge in [-0.1, -0.05) is 41.4 Å². The fourth-order valence-corrected chi connectivity index (χ4v) is 4.62. The molecule has 0 aromatic heterocycles. The van der Waals surface area contributed by atoms with Crippen molar-refractivity contribution < 1.29 is 58.6 Å². The maximum absolute atomic E-state index is 13.1. The van der Waals surface area contributed by atoms with Crippen molar-refractivity contribution in [3.63, 3.8) is 0 Å². The van der Waals surface area contributed by atoms with E-state index in [9.17, 15) is 34.8 Å². The van der Waals surface area contributed by atoms with Crippen molar-refractivity contribution in [3.05, 3.63) is 52.6 Å². The largest absolute Gasteiger partial charge is 0.479 e. The molecular weight excluding hydrogens is 627 g/mol. The minimum atomic E-state index is -1.91. The van der Waals surface area contributed by atoms with Crippen LogP contribution in [-0.4, -0.2) is 109 Å². The molecule has 266 valence electrons. The molecule has 1 aliphatic heterocycles. The van der Waals surface area contributed by atoms with Crippen molar-refractivity contribution in [2.24, 2.45) is 5.16 Å². The lowest BCUT2D eigenvalue weighted by molar-refractivity contribution is -0.271. The number of carboxylic acids is 1. The van der Waals surface area contributed by atoms with Gasteiger partial charge in [0.25, 0.3) is 5.91 Å². The van der Waals surface area contributed by atoms with Gasteiger partial charge in [0.05, 0.1) is 24.5 Å². The number of rotatable bonds is 20. The lowest BCUT2D eigenvalue weighted by atomic mass is 9.99. The van der Waals surface area contributed by atoms with Crippen LogP contribution in [-0.2, 0) is 30.4 Å². The zero-order valence-electron chi connectivity index (χ0n) is 28.3. The van der Waals surface area contributed by atoms with Crippen LogP contribution >= 0.6 is 0 Å². The SMILES string of the molecule is BC(=O)OCc1ccc(O[C@@H]2O[C@H](C(=O)O)[C@@H](O)[C@H](O)[C@H]2O)c(C(=O)NCCOCCO/N=C(\C)CC/C(C)=C/CC/C(C)=C/CC)c1. The highest BCUT2D eigenvalue weighted by Crippen LogP contribution is 2.28. The van der Waals surface area contributed by atoms with Gasteiger partial charge in [-0.15, -0.1) is 0 Å². The molecule has 14 nitrogen and oxygen atoms in total. The molecule has 15 heteroatoms. The molecular formula is C33H49BN2O12. The van der Waals surface area contributed by atoms with Crippen LogP contribution in [0.1, 0.15) is 75.7 Å². The number of amides is 1. The van der Waals surface area contributed by atoms with E-state index in [0.29, 0.717) is 5.56 Å². The van der Waals surface area contributed by atoms with E-state index in [0.717, 1.165) is 37.8 Å². The van der Waals surface area contributed by atoms with Crippen LogP contribution in [0.3, 0.4) is 0 Å². The summed E-state index contributed by atoms with van der Waals surface area (Å²) in [6, 6.07) is 4.22. The summed E-state index contributed by atoms with van der Waals surface area (Å²) in [6.07, 6.45) is 0.145. The van der Waals surface area contributed by atoms with Crippen LogP contribution in [0.2, 0.25) is 0 Å². The number of hydrogen-bond donors (Lipinski definition) is 5. The quantitative estimate of drug-likeness (QED) is 0.0444. The smallest absolute Gasteiger partial charge is 0.335 e. The molecule has 0 unspecified atom stereocenters. The van der Waals surface area contributed by atoms with Crippen molar-refractivity contribution in [2.75, 3.05) is 26.4 Å². The molecule has 1 aliphatic rings. The zero-order valence-corrected chi connectivity index (χ0v) is 28.3. The van der Waals surface area contributed by atoms with Crippen LogP contribution in [0.15, 0.2) is 46.7 Å². The number of carboxylic acid groups (broad SMARTS) is 1. The molecule has 5 atom stereocenters. The van der Waals surface area contributed by atoms with Crippen LogP contribution in [0.25, 0.3) is 0 Å². The van der Waals surface area contributed by atoms with Crippen molar-refractivity contribution in [1.29, 1.82) is 0 Å². The first-order chi connectivity index (χ1) is 22.8. The van der Waals surface area contributed by atoms with Gasteiger partial charge in [0.1, 0.15) is 37.3 Å². The number of benzene rings is 1. The van der Waals surface area contributed by atoms with Gasteiger partial charge < -0.3 is 49.5 Å². The fourth-order valence-electron chi connectivity index (χ4n) is 4.62. The van der Waals surface area contributed by atoms with Gasteiger partial charge in [0.15, 0.2) is 6.10 Å². The minimum absolute atomic E-state index is 0.0513. The van der Waals surface area contributed by atoms with Crippen LogP contribution in [0, 0.1) is 0 Å². The molecule has 2 rings (SSSR count). The molecule has 0 saturated carbocycles. The minimum Gasteiger partial charge on any atom is -0.479 e. The first kappa shape index (κ1) is 40.4. The number of nitrogens with zero attached hydrogens (tertiary/aromatic N) is 1. The summed E-state index contributed by atoms with van der Waals surface area (Å²) in [7, 11) is 1.24. The average Bonchev–Trinajstić information content (AvgIpc) is 3.04. The lowest BCUT2D eigenvalue weighted by Crippen LogP contribution is -2.61. The molecule has 0 radical (unpaired) electrons. The average molecular weight is 677 g/mol. The number of carbonyl (C=O) groups is 3. The van der Waals surface area contributed by atoms with E-state index < -0.39 is 48.5 Å². The molecule has 1 aromatic rings. The highest BCUT2D eigenvalue weighted by atomic mass is 16.7. The Morgan fingerprint density at radius 2 is 1.71 bits per heavy atom. The standard InChI is InChI=1S/C33H49BN2O12/c1-5-7-20(2)8-6-9-21(3)10-11-22(4)36-46-17-16-44-15-14-35-30(40)24-18-23(19-45-33(34)43)12-13-25(24)47-32-28(39)26(37)27(38)29(48-32)31(41)42/h7,9,12-13,18,26-29,32,37-39H,5-6,8,10-11,14-17,19,34H2,1-4H3,(H,35,40)(H,41,42)/b20-7+,21-9+,36-22+/t26-,27-,28+,29-,32+/m0/s1. The van der Waals surface area contributed by atoms with Gasteiger partial charge in [0, 0.05) is 6.54 Å². The van der Waals surface area contributed by atoms with E-state index in [1.807, 2.05) is 6.92 Å². The number of hydrogen-bond acceptors (Lipinski definition) is 12. The topological polar surface area (TPSA) is 203 Å². The van der Waals surface area contributed by atoms with Crippen molar-refractivity contribution in [1.82, 2.24) is 5.32 Å². The third-order valence-electron chi connectivity index (χ3n) is 7.32. The lowest BCUT2D eigenvalue weighted by Gasteiger charge is -2.38. The number of carbonyl (C=O) groups excluding carboxylic acids is 2. The molecule has 1 heterocycles. The highest BCUT2D eigenvalue weighted by molar-refractivity contribution is 6.55. The van der Waals surface area contributed by atoms with Crippen molar-refractivity contribution >= 4 is 31.3 Å². The van der Waals surface area contributed by atoms with E-state index in [1.54, 1.807) is 0 Å². The van der Waals surface area contributed by atoms with Gasteiger partial charge in [-0.05, 0) is 70.6 Å². The van der Waals surface area contributed by atoms with Gasteiger partial charge in [-0.25, -0.2) is 4.79 Å². The molecule has 1 aromatic carbocycles. The normalized spacial score (nSPS) is 21.8. The Hall–Kier alpha value is -3.76. The third kappa shape index (κ3) is 14.2. The summed E-state index contributed by atoms with van der Waals surface area (Å²) >= 11 is 0. The summed E-state index contributed by atoms with van der Waals surface area (Å²) in [5, 5.41) is 46.5. The number of allylic oxidation sites excluding steroid dienone is 4. The molecule has 48 heavy (non-hydrogen) atoms. The predicted octanol–water partition coefficient (Wildman–Crippen LogP) is 2.23. The number of aliphatic carboxylic acids is 1. The maximum Gasteiger partial charge on any atom is 0.335 e. The Bertz CT molecular complexity index is 1300. The summed E-state index contributed by atoms with van der Waals surface area (Å²) in [5.41, 5.74) is 4.00. The van der Waals surface area contributed by atoms with Gasteiger partial charge in [-0.3, -0.25) is 9.59 Å². The number of nitrogens with one attached hydrogen (secondary N) is 1.